The zero-order valence-electron chi connectivity index (χ0n) is 12.6. The maximum absolute atomic E-state index is 12.3. The number of benzene rings is 1. The molecule has 0 aliphatic heterocycles. The second kappa shape index (κ2) is 7.77. The standard InChI is InChI=1S/C15H13ClN2O4S2/c1-18(24(20,21)15-7-6-13(16)23-15)9-14(19)22-10-12-5-3-2-4-11(12)8-17/h2-7H,9-10H2,1H3. The van der Waals surface area contributed by atoms with Crippen LogP contribution >= 0.6 is 22.9 Å². The van der Waals surface area contributed by atoms with Crippen LogP contribution in [-0.4, -0.2) is 32.3 Å². The molecule has 9 heteroatoms. The van der Waals surface area contributed by atoms with Crippen molar-refractivity contribution in [3.05, 3.63) is 51.9 Å². The SMILES string of the molecule is CN(CC(=O)OCc1ccccc1C#N)S(=O)(=O)c1ccc(Cl)s1. The zero-order valence-corrected chi connectivity index (χ0v) is 15.0. The summed E-state index contributed by atoms with van der Waals surface area (Å²) in [7, 11) is -2.51. The third kappa shape index (κ3) is 4.33. The van der Waals surface area contributed by atoms with Crippen molar-refractivity contribution in [2.45, 2.75) is 10.8 Å². The van der Waals surface area contributed by atoms with Crippen LogP contribution in [0.5, 0.6) is 0 Å². The molecule has 2 aromatic rings. The van der Waals surface area contributed by atoms with E-state index in [0.29, 0.717) is 15.5 Å². The summed E-state index contributed by atoms with van der Waals surface area (Å²) in [5.41, 5.74) is 0.961. The highest BCUT2D eigenvalue weighted by Gasteiger charge is 2.25. The fourth-order valence-corrected chi connectivity index (χ4v) is 4.62. The summed E-state index contributed by atoms with van der Waals surface area (Å²) < 4.78 is 30.9. The number of carbonyl (C=O) groups excluding carboxylic acids is 1. The summed E-state index contributed by atoms with van der Waals surface area (Å²) in [6.07, 6.45) is 0. The van der Waals surface area contributed by atoms with E-state index in [1.165, 1.54) is 19.2 Å². The fourth-order valence-electron chi connectivity index (χ4n) is 1.82. The van der Waals surface area contributed by atoms with E-state index in [9.17, 15) is 13.2 Å². The molecule has 0 spiro atoms. The van der Waals surface area contributed by atoms with E-state index >= 15 is 0 Å². The summed E-state index contributed by atoms with van der Waals surface area (Å²) in [6, 6.07) is 11.6. The highest BCUT2D eigenvalue weighted by Crippen LogP contribution is 2.27. The molecule has 0 aliphatic carbocycles. The molecule has 1 aromatic heterocycles. The number of hydrogen-bond acceptors (Lipinski definition) is 6. The zero-order chi connectivity index (χ0) is 17.7. The van der Waals surface area contributed by atoms with Gasteiger partial charge in [-0.1, -0.05) is 29.8 Å². The van der Waals surface area contributed by atoms with Crippen molar-refractivity contribution >= 4 is 38.9 Å². The lowest BCUT2D eigenvalue weighted by Gasteiger charge is -2.15. The topological polar surface area (TPSA) is 87.5 Å². The molecule has 0 saturated carbocycles. The largest absolute Gasteiger partial charge is 0.460 e. The Labute approximate surface area is 148 Å². The van der Waals surface area contributed by atoms with Gasteiger partial charge in [0.2, 0.25) is 0 Å². The minimum Gasteiger partial charge on any atom is -0.460 e. The Morgan fingerprint density at radius 3 is 2.67 bits per heavy atom. The summed E-state index contributed by atoms with van der Waals surface area (Å²) in [5.74, 6) is -0.712. The Morgan fingerprint density at radius 1 is 1.33 bits per heavy atom. The predicted molar refractivity (Wildman–Crippen MR) is 90.1 cm³/mol. The van der Waals surface area contributed by atoms with Crippen molar-refractivity contribution in [1.82, 2.24) is 4.31 Å². The Kier molecular flexibility index (Phi) is 5.96. The van der Waals surface area contributed by atoms with Crippen molar-refractivity contribution in [2.24, 2.45) is 0 Å². The van der Waals surface area contributed by atoms with Gasteiger partial charge in [-0.2, -0.15) is 9.57 Å². The molecule has 0 radical (unpaired) electrons. The van der Waals surface area contributed by atoms with E-state index in [4.69, 9.17) is 21.6 Å². The number of thiophene rings is 1. The first-order chi connectivity index (χ1) is 11.3. The van der Waals surface area contributed by atoms with Gasteiger partial charge in [-0.15, -0.1) is 11.3 Å². The predicted octanol–water partition coefficient (Wildman–Crippen LogP) is 2.64. The molecule has 0 bridgehead atoms. The quantitative estimate of drug-likeness (QED) is 0.714. The minimum atomic E-state index is -3.79. The number of rotatable bonds is 6. The molecule has 0 fully saturated rings. The Hall–Kier alpha value is -1.92. The minimum absolute atomic E-state index is 0.0534. The number of sulfonamides is 1. The lowest BCUT2D eigenvalue weighted by atomic mass is 10.1. The molecule has 0 unspecified atom stereocenters. The van der Waals surface area contributed by atoms with E-state index in [1.807, 2.05) is 6.07 Å². The number of ether oxygens (including phenoxy) is 1. The van der Waals surface area contributed by atoms with Crippen molar-refractivity contribution in [3.63, 3.8) is 0 Å². The Balaban J connectivity index is 1.98. The lowest BCUT2D eigenvalue weighted by molar-refractivity contribution is -0.144. The van der Waals surface area contributed by atoms with Crippen molar-refractivity contribution in [1.29, 1.82) is 5.26 Å². The molecule has 0 aliphatic rings. The van der Waals surface area contributed by atoms with E-state index < -0.39 is 22.5 Å². The summed E-state index contributed by atoms with van der Waals surface area (Å²) in [6.45, 7) is -0.534. The van der Waals surface area contributed by atoms with Crippen LogP contribution < -0.4 is 0 Å². The molecular formula is C15H13ClN2O4S2. The van der Waals surface area contributed by atoms with Gasteiger partial charge in [-0.3, -0.25) is 4.79 Å². The molecule has 0 amide bonds. The average molecular weight is 385 g/mol. The number of halogens is 1. The fraction of sp³-hybridized carbons (Fsp3) is 0.200. The van der Waals surface area contributed by atoms with Gasteiger partial charge in [0.25, 0.3) is 10.0 Å². The summed E-state index contributed by atoms with van der Waals surface area (Å²) >= 11 is 6.65. The maximum atomic E-state index is 12.3. The van der Waals surface area contributed by atoms with Crippen molar-refractivity contribution in [3.8, 4) is 6.07 Å². The number of hydrogen-bond donors (Lipinski definition) is 0. The van der Waals surface area contributed by atoms with Crippen molar-refractivity contribution in [2.75, 3.05) is 13.6 Å². The van der Waals surface area contributed by atoms with Gasteiger partial charge in [0, 0.05) is 12.6 Å². The number of esters is 1. The van der Waals surface area contributed by atoms with Gasteiger partial charge in [0.1, 0.15) is 17.4 Å². The normalized spacial score (nSPS) is 11.2. The van der Waals surface area contributed by atoms with Gasteiger partial charge in [-0.05, 0) is 18.2 Å². The van der Waals surface area contributed by atoms with E-state index in [-0.39, 0.29) is 10.8 Å². The first-order valence-electron chi connectivity index (χ1n) is 6.70. The monoisotopic (exact) mass is 384 g/mol. The Bertz CT molecular complexity index is 887. The van der Waals surface area contributed by atoms with Crippen LogP contribution in [0.15, 0.2) is 40.6 Å². The van der Waals surface area contributed by atoms with Gasteiger partial charge < -0.3 is 4.74 Å². The van der Waals surface area contributed by atoms with Gasteiger partial charge in [-0.25, -0.2) is 8.42 Å². The first-order valence-corrected chi connectivity index (χ1v) is 9.33. The maximum Gasteiger partial charge on any atom is 0.321 e. The van der Waals surface area contributed by atoms with Crippen LogP contribution in [0.3, 0.4) is 0 Å². The highest BCUT2D eigenvalue weighted by atomic mass is 35.5. The molecule has 24 heavy (non-hydrogen) atoms. The number of nitrogens with zero attached hydrogens (tertiary/aromatic N) is 2. The smallest absolute Gasteiger partial charge is 0.321 e. The van der Waals surface area contributed by atoms with Crippen LogP contribution in [-0.2, 0) is 26.2 Å². The van der Waals surface area contributed by atoms with E-state index in [1.54, 1.807) is 24.3 Å². The molecule has 1 heterocycles. The van der Waals surface area contributed by atoms with Crippen LogP contribution in [0.2, 0.25) is 4.34 Å². The summed E-state index contributed by atoms with van der Waals surface area (Å²) in [4.78, 5) is 11.9. The van der Waals surface area contributed by atoms with E-state index in [2.05, 4.69) is 0 Å². The first kappa shape index (κ1) is 18.4. The van der Waals surface area contributed by atoms with E-state index in [0.717, 1.165) is 15.6 Å². The highest BCUT2D eigenvalue weighted by molar-refractivity contribution is 7.91. The second-order valence-electron chi connectivity index (χ2n) is 4.75. The number of carbonyl (C=O) groups is 1. The molecule has 1 aromatic carbocycles. The van der Waals surface area contributed by atoms with Crippen LogP contribution in [0, 0.1) is 11.3 Å². The molecule has 0 N–H and O–H groups in total. The van der Waals surface area contributed by atoms with Crippen LogP contribution in [0.4, 0.5) is 0 Å². The molecule has 126 valence electrons. The second-order valence-corrected chi connectivity index (χ2v) is 8.74. The molecule has 2 rings (SSSR count). The van der Waals surface area contributed by atoms with Crippen LogP contribution in [0.1, 0.15) is 11.1 Å². The number of likely N-dealkylation sites (N-methyl/N-ethyl adjacent to an activating group) is 1. The van der Waals surface area contributed by atoms with Gasteiger partial charge in [0.15, 0.2) is 0 Å². The molecule has 6 nitrogen and oxygen atoms in total. The summed E-state index contributed by atoms with van der Waals surface area (Å²) in [5, 5.41) is 8.98. The average Bonchev–Trinajstić information content (AvgIpc) is 3.00. The molecular weight excluding hydrogens is 372 g/mol. The third-order valence-electron chi connectivity index (χ3n) is 3.09. The molecule has 0 saturated heterocycles. The molecule has 0 atom stereocenters. The van der Waals surface area contributed by atoms with Gasteiger partial charge in [0.05, 0.1) is 16.0 Å². The van der Waals surface area contributed by atoms with Crippen molar-refractivity contribution < 1.29 is 17.9 Å². The Morgan fingerprint density at radius 2 is 2.04 bits per heavy atom. The lowest BCUT2D eigenvalue weighted by Crippen LogP contribution is -2.32. The van der Waals surface area contributed by atoms with Gasteiger partial charge >= 0.3 is 5.97 Å². The number of nitriles is 1. The third-order valence-corrected chi connectivity index (χ3v) is 6.59. The van der Waals surface area contributed by atoms with Crippen LogP contribution in [0.25, 0.3) is 0 Å².